The number of halogens is 2. The summed E-state index contributed by atoms with van der Waals surface area (Å²) in [6.45, 7) is 0.372. The lowest BCUT2D eigenvalue weighted by atomic mass is 10.0. The molecule has 0 unspecified atom stereocenters. The monoisotopic (exact) mass is 301 g/mol. The molecule has 0 saturated carbocycles. The fourth-order valence-corrected chi connectivity index (χ4v) is 2.76. The van der Waals surface area contributed by atoms with Gasteiger partial charge in [0.2, 0.25) is 0 Å². The Labute approximate surface area is 126 Å². The average Bonchev–Trinajstić information content (AvgIpc) is 2.92. The molecular formula is C16H13F2N3O. The third-order valence-electron chi connectivity index (χ3n) is 3.80. The molecule has 0 bridgehead atoms. The molecular weight excluding hydrogens is 288 g/mol. The first-order valence-corrected chi connectivity index (χ1v) is 6.84. The van der Waals surface area contributed by atoms with E-state index in [1.54, 1.807) is 18.3 Å². The number of aromatic nitrogens is 1. The molecule has 112 valence electrons. The van der Waals surface area contributed by atoms with E-state index in [2.05, 4.69) is 4.98 Å². The molecule has 6 heteroatoms. The number of pyridine rings is 1. The van der Waals surface area contributed by atoms with E-state index in [1.807, 2.05) is 11.0 Å². The van der Waals surface area contributed by atoms with Gasteiger partial charge >= 0.3 is 0 Å². The number of hydrogen-bond acceptors (Lipinski definition) is 4. The third kappa shape index (κ3) is 2.63. The number of β-amino-alcohol motifs (C(OH)–C–C–N with tert-alkyl or cyclic N) is 1. The number of aliphatic hydroxyl groups excluding tert-OH is 1. The lowest BCUT2D eigenvalue weighted by Crippen LogP contribution is -2.24. The molecule has 2 atom stereocenters. The molecule has 1 aromatic carbocycles. The number of benzene rings is 1. The highest BCUT2D eigenvalue weighted by Gasteiger charge is 2.32. The highest BCUT2D eigenvalue weighted by molar-refractivity contribution is 5.50. The van der Waals surface area contributed by atoms with Crippen LogP contribution in [0.2, 0.25) is 0 Å². The van der Waals surface area contributed by atoms with Crippen LogP contribution in [0.3, 0.4) is 0 Å². The predicted octanol–water partition coefficient (Wildman–Crippen LogP) is 2.54. The molecule has 0 aliphatic carbocycles. The normalized spacial score (nSPS) is 20.9. The van der Waals surface area contributed by atoms with Gasteiger partial charge in [0.15, 0.2) is 11.6 Å². The molecule has 1 saturated heterocycles. The first-order valence-electron chi connectivity index (χ1n) is 6.84. The van der Waals surface area contributed by atoms with Crippen molar-refractivity contribution in [2.45, 2.75) is 18.6 Å². The minimum Gasteiger partial charge on any atom is -0.391 e. The maximum Gasteiger partial charge on any atom is 0.159 e. The maximum absolute atomic E-state index is 13.5. The maximum atomic E-state index is 13.5. The van der Waals surface area contributed by atoms with Gasteiger partial charge in [-0.25, -0.2) is 13.8 Å². The van der Waals surface area contributed by atoms with Crippen molar-refractivity contribution in [3.63, 3.8) is 0 Å². The molecule has 4 nitrogen and oxygen atoms in total. The molecule has 2 aromatic rings. The van der Waals surface area contributed by atoms with E-state index in [0.717, 1.165) is 17.8 Å². The lowest BCUT2D eigenvalue weighted by molar-refractivity contribution is 0.194. The average molecular weight is 301 g/mol. The van der Waals surface area contributed by atoms with Crippen molar-refractivity contribution >= 4 is 5.69 Å². The number of rotatable bonds is 2. The predicted molar refractivity (Wildman–Crippen MR) is 76.0 cm³/mol. The van der Waals surface area contributed by atoms with Crippen LogP contribution in [-0.4, -0.2) is 22.7 Å². The number of nitriles is 1. The topological polar surface area (TPSA) is 60.2 Å². The summed E-state index contributed by atoms with van der Waals surface area (Å²) in [5, 5.41) is 18.7. The Morgan fingerprint density at radius 1 is 1.23 bits per heavy atom. The van der Waals surface area contributed by atoms with Crippen LogP contribution in [0.1, 0.15) is 23.7 Å². The summed E-state index contributed by atoms with van der Waals surface area (Å²) in [6, 6.07) is 8.76. The molecule has 1 fully saturated rings. The summed E-state index contributed by atoms with van der Waals surface area (Å²) in [5.74, 6) is -1.80. The molecule has 1 aliphatic rings. The second-order valence-corrected chi connectivity index (χ2v) is 5.24. The largest absolute Gasteiger partial charge is 0.391 e. The smallest absolute Gasteiger partial charge is 0.159 e. The van der Waals surface area contributed by atoms with Gasteiger partial charge in [0.05, 0.1) is 24.0 Å². The molecule has 3 rings (SSSR count). The Kier molecular flexibility index (Phi) is 3.73. The zero-order valence-electron chi connectivity index (χ0n) is 11.6. The zero-order valence-corrected chi connectivity index (χ0v) is 11.6. The van der Waals surface area contributed by atoms with E-state index in [0.29, 0.717) is 24.2 Å². The van der Waals surface area contributed by atoms with Gasteiger partial charge in [0.25, 0.3) is 0 Å². The first-order chi connectivity index (χ1) is 10.6. The molecule has 0 spiro atoms. The molecule has 22 heavy (non-hydrogen) atoms. The fourth-order valence-electron chi connectivity index (χ4n) is 2.76. The van der Waals surface area contributed by atoms with Crippen LogP contribution in [0.5, 0.6) is 0 Å². The van der Waals surface area contributed by atoms with Crippen LogP contribution >= 0.6 is 0 Å². The molecule has 2 heterocycles. The van der Waals surface area contributed by atoms with Crippen LogP contribution in [0.4, 0.5) is 14.5 Å². The van der Waals surface area contributed by atoms with Gasteiger partial charge < -0.3 is 10.0 Å². The van der Waals surface area contributed by atoms with Crippen LogP contribution < -0.4 is 4.90 Å². The van der Waals surface area contributed by atoms with Gasteiger partial charge in [0, 0.05) is 6.54 Å². The quantitative estimate of drug-likeness (QED) is 0.926. The highest BCUT2D eigenvalue weighted by Crippen LogP contribution is 2.36. The first kappa shape index (κ1) is 14.4. The lowest BCUT2D eigenvalue weighted by Gasteiger charge is -2.26. The Balaban J connectivity index is 1.94. The van der Waals surface area contributed by atoms with Crippen LogP contribution in [0.25, 0.3) is 0 Å². The van der Waals surface area contributed by atoms with Crippen LogP contribution in [-0.2, 0) is 0 Å². The summed E-state index contributed by atoms with van der Waals surface area (Å²) in [5.41, 5.74) is 1.62. The van der Waals surface area contributed by atoms with E-state index in [-0.39, 0.29) is 6.04 Å². The Bertz CT molecular complexity index is 727. The van der Waals surface area contributed by atoms with E-state index < -0.39 is 17.7 Å². The molecule has 1 aromatic heterocycles. The Morgan fingerprint density at radius 2 is 2.05 bits per heavy atom. The van der Waals surface area contributed by atoms with Gasteiger partial charge in [-0.15, -0.1) is 0 Å². The summed E-state index contributed by atoms with van der Waals surface area (Å²) >= 11 is 0. The summed E-state index contributed by atoms with van der Waals surface area (Å²) in [6.07, 6.45) is 1.41. The van der Waals surface area contributed by atoms with Crippen molar-refractivity contribution in [3.05, 3.63) is 59.4 Å². The molecule has 0 radical (unpaired) electrons. The van der Waals surface area contributed by atoms with Gasteiger partial charge in [-0.2, -0.15) is 5.26 Å². The van der Waals surface area contributed by atoms with Crippen molar-refractivity contribution in [1.82, 2.24) is 4.98 Å². The van der Waals surface area contributed by atoms with Gasteiger partial charge in [-0.3, -0.25) is 0 Å². The van der Waals surface area contributed by atoms with E-state index >= 15 is 0 Å². The summed E-state index contributed by atoms with van der Waals surface area (Å²) in [4.78, 5) is 5.89. The van der Waals surface area contributed by atoms with E-state index in [4.69, 9.17) is 5.26 Å². The second-order valence-electron chi connectivity index (χ2n) is 5.24. The van der Waals surface area contributed by atoms with Crippen LogP contribution in [0.15, 0.2) is 36.5 Å². The minimum atomic E-state index is -0.906. The second kappa shape index (κ2) is 5.70. The zero-order chi connectivity index (χ0) is 15.7. The van der Waals surface area contributed by atoms with Crippen molar-refractivity contribution in [3.8, 4) is 6.07 Å². The Morgan fingerprint density at radius 3 is 2.68 bits per heavy atom. The Hall–Kier alpha value is -2.52. The van der Waals surface area contributed by atoms with Crippen molar-refractivity contribution in [2.75, 3.05) is 11.4 Å². The van der Waals surface area contributed by atoms with E-state index in [9.17, 15) is 13.9 Å². The van der Waals surface area contributed by atoms with Crippen LogP contribution in [0, 0.1) is 23.0 Å². The highest BCUT2D eigenvalue weighted by atomic mass is 19.2. The minimum absolute atomic E-state index is 0.264. The van der Waals surface area contributed by atoms with Crippen molar-refractivity contribution in [2.24, 2.45) is 0 Å². The summed E-state index contributed by atoms with van der Waals surface area (Å²) < 4.78 is 26.5. The molecule has 0 amide bonds. The van der Waals surface area contributed by atoms with Gasteiger partial charge in [-0.05, 0) is 36.2 Å². The van der Waals surface area contributed by atoms with Gasteiger partial charge in [-0.1, -0.05) is 6.07 Å². The number of nitrogens with zero attached hydrogens (tertiary/aromatic N) is 3. The third-order valence-corrected chi connectivity index (χ3v) is 3.80. The van der Waals surface area contributed by atoms with Gasteiger partial charge in [0.1, 0.15) is 11.8 Å². The SMILES string of the molecule is N#Cc1ccc(N2C[C@H](O)C[C@H]2c2ccc(F)c(F)c2)cn1. The fraction of sp³-hybridized carbons (Fsp3) is 0.250. The summed E-state index contributed by atoms with van der Waals surface area (Å²) in [7, 11) is 0. The standard InChI is InChI=1S/C16H13F2N3O/c17-14-4-1-10(5-15(14)18)16-6-13(22)9-21(16)12-3-2-11(7-19)20-8-12/h1-5,8,13,16,22H,6,9H2/t13-,16+/m1/s1. The molecule has 1 aliphatic heterocycles. The van der Waals surface area contributed by atoms with Crippen molar-refractivity contribution in [1.29, 1.82) is 5.26 Å². The number of anilines is 1. The molecule has 1 N–H and O–H groups in total. The van der Waals surface area contributed by atoms with E-state index in [1.165, 1.54) is 6.07 Å². The number of hydrogen-bond donors (Lipinski definition) is 1. The van der Waals surface area contributed by atoms with Crippen molar-refractivity contribution < 1.29 is 13.9 Å². The number of aliphatic hydroxyl groups is 1.